The maximum atomic E-state index is 12.4. The van der Waals surface area contributed by atoms with E-state index in [1.165, 1.54) is 0 Å². The van der Waals surface area contributed by atoms with Crippen LogP contribution in [0, 0.1) is 5.82 Å². The Labute approximate surface area is 80.7 Å². The van der Waals surface area contributed by atoms with Crippen molar-refractivity contribution in [2.24, 2.45) is 0 Å². The highest BCUT2D eigenvalue weighted by Crippen LogP contribution is 2.32. The van der Waals surface area contributed by atoms with Crippen LogP contribution in [0.15, 0.2) is 12.1 Å². The fourth-order valence-electron chi connectivity index (χ4n) is 0.516. The molecule has 0 aromatic heterocycles. The average molecular weight is 211 g/mol. The molecule has 0 aliphatic carbocycles. The first-order chi connectivity index (χ1) is 5.63. The molecule has 0 aliphatic rings. The maximum absolute atomic E-state index is 12.4. The molecule has 0 aliphatic heterocycles. The average Bonchev–Trinajstić information content (AvgIpc) is 2.12. The van der Waals surface area contributed by atoms with Gasteiger partial charge in [-0.15, -0.1) is 0 Å². The Morgan fingerprint density at radius 3 is 2.08 bits per heavy atom. The summed E-state index contributed by atoms with van der Waals surface area (Å²) in [5.74, 6) is -0.850. The lowest BCUT2D eigenvalue weighted by Gasteiger charge is -1.98. The van der Waals surface area contributed by atoms with Crippen molar-refractivity contribution in [1.29, 1.82) is 0 Å². The first kappa shape index (κ1) is 11.5. The van der Waals surface area contributed by atoms with Crippen molar-refractivity contribution in [3.05, 3.63) is 28.0 Å². The summed E-state index contributed by atoms with van der Waals surface area (Å²) in [6, 6.07) is 2.19. The van der Waals surface area contributed by atoms with Crippen LogP contribution in [0.1, 0.15) is 13.8 Å². The quantitative estimate of drug-likeness (QED) is 0.646. The number of hydrogen-bond donors (Lipinski definition) is 1. The predicted octanol–water partition coefficient (Wildman–Crippen LogP) is 3.86. The van der Waals surface area contributed by atoms with E-state index in [0.717, 1.165) is 12.1 Å². The number of benzene rings is 1. The molecule has 0 fully saturated rings. The first-order valence-electron chi connectivity index (χ1n) is 3.45. The van der Waals surface area contributed by atoms with Crippen molar-refractivity contribution in [1.82, 2.24) is 0 Å². The molecular weight excluding hydrogens is 202 g/mol. The van der Waals surface area contributed by atoms with E-state index in [1.54, 1.807) is 0 Å². The van der Waals surface area contributed by atoms with Crippen molar-refractivity contribution in [3.8, 4) is 5.75 Å². The Bertz CT molecular complexity index is 236. The van der Waals surface area contributed by atoms with Gasteiger partial charge in [-0.3, -0.25) is 0 Å². The number of phenols is 1. The van der Waals surface area contributed by atoms with Crippen LogP contribution >= 0.6 is 23.2 Å². The van der Waals surface area contributed by atoms with Gasteiger partial charge in [0.1, 0.15) is 16.6 Å². The summed E-state index contributed by atoms with van der Waals surface area (Å²) in [6.07, 6.45) is 0. The number of rotatable bonds is 0. The number of hydrogen-bond acceptors (Lipinski definition) is 1. The molecule has 1 rings (SSSR count). The van der Waals surface area contributed by atoms with Gasteiger partial charge < -0.3 is 5.11 Å². The molecule has 0 amide bonds. The molecule has 1 aromatic carbocycles. The zero-order chi connectivity index (χ0) is 9.72. The van der Waals surface area contributed by atoms with Gasteiger partial charge in [-0.2, -0.15) is 0 Å². The second-order valence-electron chi connectivity index (χ2n) is 1.69. The third kappa shape index (κ3) is 2.54. The number of halogens is 3. The molecule has 0 radical (unpaired) electrons. The highest BCUT2D eigenvalue weighted by molar-refractivity contribution is 6.42. The molecule has 0 saturated carbocycles. The molecule has 0 unspecified atom stereocenters. The highest BCUT2D eigenvalue weighted by Gasteiger charge is 2.07. The molecular formula is C8H9Cl2FO. The molecule has 1 aromatic rings. The lowest BCUT2D eigenvalue weighted by atomic mass is 10.3. The van der Waals surface area contributed by atoms with Crippen LogP contribution < -0.4 is 0 Å². The molecule has 1 N–H and O–H groups in total. The van der Waals surface area contributed by atoms with E-state index >= 15 is 0 Å². The van der Waals surface area contributed by atoms with Gasteiger partial charge >= 0.3 is 0 Å². The Balaban J connectivity index is 0.000000561. The summed E-state index contributed by atoms with van der Waals surface area (Å²) in [7, 11) is 0. The van der Waals surface area contributed by atoms with Crippen molar-refractivity contribution in [2.45, 2.75) is 13.8 Å². The first-order valence-corrected chi connectivity index (χ1v) is 4.21. The van der Waals surface area contributed by atoms with Gasteiger partial charge in [-0.05, 0) is 12.1 Å². The summed E-state index contributed by atoms with van der Waals surface area (Å²) in [6.45, 7) is 4.00. The largest absolute Gasteiger partial charge is 0.506 e. The number of phenolic OH excluding ortho intramolecular Hbond substituents is 1. The smallest absolute Gasteiger partial charge is 0.143 e. The zero-order valence-electron chi connectivity index (χ0n) is 6.74. The SMILES string of the molecule is CC.Oc1ccc(F)c(Cl)c1Cl. The summed E-state index contributed by atoms with van der Waals surface area (Å²) < 4.78 is 12.4. The van der Waals surface area contributed by atoms with Gasteiger partial charge in [0.15, 0.2) is 0 Å². The summed E-state index contributed by atoms with van der Waals surface area (Å²) in [5, 5.41) is 8.44. The minimum Gasteiger partial charge on any atom is -0.506 e. The molecule has 4 heteroatoms. The normalized spacial score (nSPS) is 8.75. The topological polar surface area (TPSA) is 20.2 Å². The van der Waals surface area contributed by atoms with E-state index in [1.807, 2.05) is 13.8 Å². The monoisotopic (exact) mass is 210 g/mol. The van der Waals surface area contributed by atoms with Gasteiger partial charge in [0.05, 0.1) is 5.02 Å². The van der Waals surface area contributed by atoms with Crippen LogP contribution in [0.25, 0.3) is 0 Å². The van der Waals surface area contributed by atoms with E-state index in [9.17, 15) is 4.39 Å². The zero-order valence-corrected chi connectivity index (χ0v) is 8.25. The summed E-state index contributed by atoms with van der Waals surface area (Å²) in [4.78, 5) is 0. The van der Waals surface area contributed by atoms with Gasteiger partial charge in [0.2, 0.25) is 0 Å². The predicted molar refractivity (Wildman–Crippen MR) is 49.4 cm³/mol. The molecule has 1 nitrogen and oxygen atoms in total. The van der Waals surface area contributed by atoms with Gasteiger partial charge in [0, 0.05) is 0 Å². The summed E-state index contributed by atoms with van der Waals surface area (Å²) in [5.41, 5.74) is 0. The van der Waals surface area contributed by atoms with Crippen molar-refractivity contribution >= 4 is 23.2 Å². The van der Waals surface area contributed by atoms with Crippen LogP contribution in [0.2, 0.25) is 10.0 Å². The van der Waals surface area contributed by atoms with E-state index in [0.29, 0.717) is 0 Å². The third-order valence-corrected chi connectivity index (χ3v) is 1.86. The fraction of sp³-hybridized carbons (Fsp3) is 0.250. The Morgan fingerprint density at radius 2 is 1.67 bits per heavy atom. The second kappa shape index (κ2) is 5.22. The van der Waals surface area contributed by atoms with Crippen molar-refractivity contribution < 1.29 is 9.50 Å². The Hall–Kier alpha value is -0.470. The summed E-state index contributed by atoms with van der Waals surface area (Å²) >= 11 is 10.7. The van der Waals surface area contributed by atoms with Gasteiger partial charge in [-0.1, -0.05) is 37.0 Å². The van der Waals surface area contributed by atoms with Crippen LogP contribution in [-0.4, -0.2) is 5.11 Å². The van der Waals surface area contributed by atoms with E-state index in [-0.39, 0.29) is 15.8 Å². The van der Waals surface area contributed by atoms with Crippen LogP contribution in [0.3, 0.4) is 0 Å². The van der Waals surface area contributed by atoms with Crippen molar-refractivity contribution in [3.63, 3.8) is 0 Å². The third-order valence-electron chi connectivity index (χ3n) is 1.01. The highest BCUT2D eigenvalue weighted by atomic mass is 35.5. The van der Waals surface area contributed by atoms with E-state index in [4.69, 9.17) is 28.3 Å². The molecule has 0 bridgehead atoms. The fourth-order valence-corrected chi connectivity index (χ4v) is 0.829. The molecule has 12 heavy (non-hydrogen) atoms. The minimum atomic E-state index is -0.635. The van der Waals surface area contributed by atoms with Gasteiger partial charge in [0.25, 0.3) is 0 Å². The van der Waals surface area contributed by atoms with E-state index in [2.05, 4.69) is 0 Å². The molecule has 0 heterocycles. The molecule has 0 saturated heterocycles. The van der Waals surface area contributed by atoms with E-state index < -0.39 is 5.82 Å². The minimum absolute atomic E-state index is 0.151. The second-order valence-corrected chi connectivity index (χ2v) is 2.45. The number of aromatic hydroxyl groups is 1. The van der Waals surface area contributed by atoms with Crippen molar-refractivity contribution in [2.75, 3.05) is 0 Å². The molecule has 68 valence electrons. The lowest BCUT2D eigenvalue weighted by molar-refractivity contribution is 0.473. The lowest BCUT2D eigenvalue weighted by Crippen LogP contribution is -1.77. The van der Waals surface area contributed by atoms with Crippen LogP contribution in [-0.2, 0) is 0 Å². The van der Waals surface area contributed by atoms with Crippen LogP contribution in [0.5, 0.6) is 5.75 Å². The molecule has 0 spiro atoms. The van der Waals surface area contributed by atoms with Gasteiger partial charge in [-0.25, -0.2) is 4.39 Å². The van der Waals surface area contributed by atoms with Crippen LogP contribution in [0.4, 0.5) is 4.39 Å². The molecule has 0 atom stereocenters. The Kier molecular flexibility index (Phi) is 5.02. The Morgan fingerprint density at radius 1 is 1.17 bits per heavy atom. The maximum Gasteiger partial charge on any atom is 0.143 e. The standard InChI is InChI=1S/C6H3Cl2FO.C2H6/c7-5-3(9)1-2-4(10)6(5)8;1-2/h1-2,10H;1-2H3.